The maximum atomic E-state index is 13.2. The molecule has 0 unspecified atom stereocenters. The van der Waals surface area contributed by atoms with Crippen LogP contribution in [-0.2, 0) is 6.42 Å². The van der Waals surface area contributed by atoms with Gasteiger partial charge in [-0.2, -0.15) is 14.4 Å². The molecule has 7 nitrogen and oxygen atoms in total. The highest BCUT2D eigenvalue weighted by Gasteiger charge is 2.13. The predicted molar refractivity (Wildman–Crippen MR) is 78.4 cm³/mol. The summed E-state index contributed by atoms with van der Waals surface area (Å²) in [6.07, 6.45) is -0.461. The normalized spacial score (nSPS) is 10.9. The van der Waals surface area contributed by atoms with Crippen LogP contribution >= 0.6 is 0 Å². The molecule has 0 amide bonds. The van der Waals surface area contributed by atoms with Crippen molar-refractivity contribution in [2.45, 2.75) is 6.42 Å². The summed E-state index contributed by atoms with van der Waals surface area (Å²) in [6.45, 7) is 0. The van der Waals surface area contributed by atoms with E-state index < -0.39 is 6.08 Å². The van der Waals surface area contributed by atoms with Crippen LogP contribution in [0.15, 0.2) is 18.2 Å². The summed E-state index contributed by atoms with van der Waals surface area (Å²) in [5.74, 6) is 1.99. The van der Waals surface area contributed by atoms with Gasteiger partial charge < -0.3 is 20.2 Å². The third kappa shape index (κ3) is 2.50. The van der Waals surface area contributed by atoms with Crippen molar-refractivity contribution in [2.24, 2.45) is 0 Å². The first kappa shape index (κ1) is 14.1. The van der Waals surface area contributed by atoms with E-state index in [1.54, 1.807) is 20.3 Å². The van der Waals surface area contributed by atoms with Crippen LogP contribution in [0, 0.1) is 6.08 Å². The molecule has 0 aliphatic carbocycles. The Morgan fingerprint density at radius 2 is 2.00 bits per heavy atom. The molecular formula is C14H14FN5O2. The van der Waals surface area contributed by atoms with Crippen LogP contribution < -0.4 is 15.2 Å². The van der Waals surface area contributed by atoms with Gasteiger partial charge in [-0.3, -0.25) is 0 Å². The number of methoxy groups -OCH3 is 2. The molecule has 3 N–H and O–H groups in total. The minimum atomic E-state index is -0.890. The van der Waals surface area contributed by atoms with Gasteiger partial charge in [0.05, 0.1) is 14.2 Å². The highest BCUT2D eigenvalue weighted by molar-refractivity contribution is 5.81. The van der Waals surface area contributed by atoms with Gasteiger partial charge in [0.2, 0.25) is 0 Å². The molecule has 0 spiro atoms. The van der Waals surface area contributed by atoms with Gasteiger partial charge in [0.15, 0.2) is 17.0 Å². The third-order valence-corrected chi connectivity index (χ3v) is 3.24. The lowest BCUT2D eigenvalue weighted by molar-refractivity contribution is 0.399. The second-order valence-electron chi connectivity index (χ2n) is 4.61. The summed E-state index contributed by atoms with van der Waals surface area (Å²) in [7, 11) is 3.18. The number of imidazole rings is 1. The highest BCUT2D eigenvalue weighted by atomic mass is 19.1. The smallest absolute Gasteiger partial charge is 0.312 e. The van der Waals surface area contributed by atoms with Crippen molar-refractivity contribution in [3.8, 4) is 11.5 Å². The monoisotopic (exact) mass is 303 g/mol. The van der Waals surface area contributed by atoms with E-state index in [1.165, 1.54) is 0 Å². The molecule has 0 saturated carbocycles. The molecule has 3 rings (SSSR count). The lowest BCUT2D eigenvalue weighted by Crippen LogP contribution is -1.97. The SMILES string of the molecule is COc1ccc(OC)c(Cc2nc3c(N)nc(F)nc3[nH]2)c1. The topological polar surface area (TPSA) is 98.9 Å². The van der Waals surface area contributed by atoms with Gasteiger partial charge in [-0.1, -0.05) is 0 Å². The van der Waals surface area contributed by atoms with E-state index in [4.69, 9.17) is 15.2 Å². The number of nitrogens with one attached hydrogen (secondary N) is 1. The van der Waals surface area contributed by atoms with E-state index in [2.05, 4.69) is 19.9 Å². The average molecular weight is 303 g/mol. The third-order valence-electron chi connectivity index (χ3n) is 3.24. The van der Waals surface area contributed by atoms with E-state index in [0.29, 0.717) is 29.3 Å². The van der Waals surface area contributed by atoms with Crippen molar-refractivity contribution in [1.82, 2.24) is 19.9 Å². The number of benzene rings is 1. The van der Waals surface area contributed by atoms with Gasteiger partial charge in [-0.05, 0) is 18.2 Å². The number of ether oxygens (including phenoxy) is 2. The number of nitrogens with two attached hydrogens (primary N) is 1. The fraction of sp³-hybridized carbons (Fsp3) is 0.214. The molecule has 0 bridgehead atoms. The zero-order valence-electron chi connectivity index (χ0n) is 12.1. The van der Waals surface area contributed by atoms with Crippen LogP contribution in [0.3, 0.4) is 0 Å². The summed E-state index contributed by atoms with van der Waals surface area (Å²) >= 11 is 0. The Morgan fingerprint density at radius 1 is 1.18 bits per heavy atom. The molecule has 114 valence electrons. The second-order valence-corrected chi connectivity index (χ2v) is 4.61. The van der Waals surface area contributed by atoms with Crippen LogP contribution in [0.5, 0.6) is 11.5 Å². The second kappa shape index (κ2) is 5.47. The summed E-state index contributed by atoms with van der Waals surface area (Å²) < 4.78 is 23.7. The molecule has 2 aromatic heterocycles. The molecule has 2 heterocycles. The number of rotatable bonds is 4. The van der Waals surface area contributed by atoms with Crippen molar-refractivity contribution in [3.63, 3.8) is 0 Å². The number of anilines is 1. The quantitative estimate of drug-likeness (QED) is 0.711. The largest absolute Gasteiger partial charge is 0.497 e. The van der Waals surface area contributed by atoms with Crippen molar-refractivity contribution < 1.29 is 13.9 Å². The van der Waals surface area contributed by atoms with Gasteiger partial charge in [0.1, 0.15) is 17.3 Å². The molecule has 1 aromatic carbocycles. The van der Waals surface area contributed by atoms with Gasteiger partial charge >= 0.3 is 6.08 Å². The molecule has 0 atom stereocenters. The minimum Gasteiger partial charge on any atom is -0.497 e. The molecule has 3 aromatic rings. The Kier molecular flexibility index (Phi) is 3.50. The number of hydrogen-bond donors (Lipinski definition) is 2. The van der Waals surface area contributed by atoms with Gasteiger partial charge in [-0.15, -0.1) is 0 Å². The predicted octanol–water partition coefficient (Wildman–Crippen LogP) is 1.68. The molecule has 0 aliphatic heterocycles. The summed E-state index contributed by atoms with van der Waals surface area (Å²) in [6, 6.07) is 5.46. The van der Waals surface area contributed by atoms with Gasteiger partial charge in [0.25, 0.3) is 0 Å². The Morgan fingerprint density at radius 3 is 2.73 bits per heavy atom. The van der Waals surface area contributed by atoms with Crippen LogP contribution in [0.25, 0.3) is 11.2 Å². The molecule has 0 aliphatic rings. The van der Waals surface area contributed by atoms with Crippen molar-refractivity contribution in [1.29, 1.82) is 0 Å². The fourth-order valence-electron chi connectivity index (χ4n) is 2.23. The van der Waals surface area contributed by atoms with Gasteiger partial charge in [-0.25, -0.2) is 4.98 Å². The van der Waals surface area contributed by atoms with Gasteiger partial charge in [0, 0.05) is 12.0 Å². The maximum absolute atomic E-state index is 13.2. The van der Waals surface area contributed by atoms with Crippen LogP contribution in [0.1, 0.15) is 11.4 Å². The summed E-state index contributed by atoms with van der Waals surface area (Å²) in [5, 5.41) is 0. The average Bonchev–Trinajstić information content (AvgIpc) is 2.89. The van der Waals surface area contributed by atoms with E-state index >= 15 is 0 Å². The zero-order valence-corrected chi connectivity index (χ0v) is 12.1. The Bertz CT molecular complexity index is 833. The van der Waals surface area contributed by atoms with Crippen LogP contribution in [0.4, 0.5) is 10.2 Å². The number of fused-ring (bicyclic) bond motifs is 1. The first-order valence-electron chi connectivity index (χ1n) is 6.49. The number of nitrogens with zero attached hydrogens (tertiary/aromatic N) is 3. The number of nitrogen functional groups attached to an aromatic ring is 1. The van der Waals surface area contributed by atoms with Crippen molar-refractivity contribution in [2.75, 3.05) is 20.0 Å². The molecule has 0 saturated heterocycles. The van der Waals surface area contributed by atoms with E-state index in [9.17, 15) is 4.39 Å². The van der Waals surface area contributed by atoms with E-state index in [1.807, 2.05) is 12.1 Å². The Balaban J connectivity index is 2.01. The number of halogens is 1. The molecule has 22 heavy (non-hydrogen) atoms. The fourth-order valence-corrected chi connectivity index (χ4v) is 2.23. The zero-order chi connectivity index (χ0) is 15.7. The van der Waals surface area contributed by atoms with E-state index in [0.717, 1.165) is 5.56 Å². The van der Waals surface area contributed by atoms with Crippen molar-refractivity contribution >= 4 is 17.0 Å². The lowest BCUT2D eigenvalue weighted by atomic mass is 10.1. The molecule has 0 fully saturated rings. The molecule has 8 heteroatoms. The number of aromatic amines is 1. The molecule has 0 radical (unpaired) electrons. The van der Waals surface area contributed by atoms with Crippen LogP contribution in [-0.4, -0.2) is 34.2 Å². The standard InChI is InChI=1S/C14H14FN5O2/c1-21-8-3-4-9(22-2)7(5-8)6-10-17-11-12(16)19-14(15)20-13(11)18-10/h3-5H,6H2,1-2H3,(H3,16,17,18,19,20). The number of aromatic nitrogens is 4. The Labute approximate surface area is 125 Å². The molecular weight excluding hydrogens is 289 g/mol. The number of hydrogen-bond acceptors (Lipinski definition) is 6. The first-order valence-corrected chi connectivity index (χ1v) is 6.49. The summed E-state index contributed by atoms with van der Waals surface area (Å²) in [5.41, 5.74) is 7.13. The first-order chi connectivity index (χ1) is 10.6. The summed E-state index contributed by atoms with van der Waals surface area (Å²) in [4.78, 5) is 14.3. The highest BCUT2D eigenvalue weighted by Crippen LogP contribution is 2.26. The lowest BCUT2D eigenvalue weighted by Gasteiger charge is -2.09. The van der Waals surface area contributed by atoms with Crippen molar-refractivity contribution in [3.05, 3.63) is 35.7 Å². The maximum Gasteiger partial charge on any atom is 0.312 e. The van der Waals surface area contributed by atoms with Crippen LogP contribution in [0.2, 0.25) is 0 Å². The Hall–Kier alpha value is -2.90. The van der Waals surface area contributed by atoms with E-state index in [-0.39, 0.29) is 11.5 Å². The minimum absolute atomic E-state index is 0.00241. The number of H-pyrrole nitrogens is 1.